The molecule has 0 amide bonds. The van der Waals surface area contributed by atoms with Gasteiger partial charge in [-0.2, -0.15) is 31.4 Å². The van der Waals surface area contributed by atoms with Crippen LogP contribution in [0.2, 0.25) is 0 Å². The van der Waals surface area contributed by atoms with Crippen molar-refractivity contribution in [2.45, 2.75) is 18.8 Å². The highest BCUT2D eigenvalue weighted by atomic mass is 19.4. The van der Waals surface area contributed by atoms with Crippen LogP contribution in [0.4, 0.5) is 26.3 Å². The number of carboxylic acids is 1. The van der Waals surface area contributed by atoms with Gasteiger partial charge in [-0.05, 0) is 54.4 Å². The molecule has 2 aromatic heterocycles. The van der Waals surface area contributed by atoms with Crippen molar-refractivity contribution >= 4 is 16.9 Å². The smallest absolute Gasteiger partial charge is 0.475 e. The molecule has 34 heavy (non-hydrogen) atoms. The fourth-order valence-corrected chi connectivity index (χ4v) is 3.16. The lowest BCUT2D eigenvalue weighted by atomic mass is 10.0. The topological polar surface area (TPSA) is 96.9 Å². The van der Waals surface area contributed by atoms with Crippen LogP contribution < -0.4 is 5.73 Å². The highest BCUT2D eigenvalue weighted by molar-refractivity contribution is 5.88. The van der Waals surface area contributed by atoms with Gasteiger partial charge in [0.2, 0.25) is 0 Å². The molecule has 0 bridgehead atoms. The number of carboxylic acid groups (broad SMARTS) is 1. The van der Waals surface area contributed by atoms with E-state index in [1.807, 2.05) is 24.4 Å². The first-order valence-corrected chi connectivity index (χ1v) is 9.73. The SMILES string of the molecule is NCCc1c[nH]c2ccc(-c3cnn(-c4cccc(C(F)(F)F)c4)c3)cc12.O=C(O)C(F)(F)F. The Balaban J connectivity index is 0.000000406. The number of rotatable bonds is 4. The van der Waals surface area contributed by atoms with E-state index in [1.54, 1.807) is 18.5 Å². The molecule has 0 fully saturated rings. The van der Waals surface area contributed by atoms with Crippen LogP contribution in [-0.2, 0) is 17.4 Å². The molecule has 0 aliphatic carbocycles. The number of aliphatic carboxylic acids is 1. The number of benzene rings is 2. The van der Waals surface area contributed by atoms with Gasteiger partial charge in [-0.1, -0.05) is 12.1 Å². The van der Waals surface area contributed by atoms with Crippen LogP contribution >= 0.6 is 0 Å². The number of H-pyrrole nitrogens is 1. The van der Waals surface area contributed by atoms with Gasteiger partial charge in [0.15, 0.2) is 0 Å². The number of hydrogen-bond acceptors (Lipinski definition) is 3. The zero-order chi connectivity index (χ0) is 25.1. The molecule has 4 aromatic rings. The summed E-state index contributed by atoms with van der Waals surface area (Å²) >= 11 is 0. The summed E-state index contributed by atoms with van der Waals surface area (Å²) in [7, 11) is 0. The van der Waals surface area contributed by atoms with Gasteiger partial charge >= 0.3 is 18.3 Å². The van der Waals surface area contributed by atoms with E-state index in [4.69, 9.17) is 15.6 Å². The molecule has 0 radical (unpaired) electrons. The van der Waals surface area contributed by atoms with Crippen molar-refractivity contribution in [2.24, 2.45) is 5.73 Å². The maximum absolute atomic E-state index is 12.9. The van der Waals surface area contributed by atoms with Crippen molar-refractivity contribution < 1.29 is 36.2 Å². The monoisotopic (exact) mass is 484 g/mol. The molecule has 0 spiro atoms. The third kappa shape index (κ3) is 5.76. The van der Waals surface area contributed by atoms with Crippen LogP contribution in [0.5, 0.6) is 0 Å². The van der Waals surface area contributed by atoms with Crippen LogP contribution in [0.3, 0.4) is 0 Å². The Hall–Kier alpha value is -3.80. The van der Waals surface area contributed by atoms with E-state index in [-0.39, 0.29) is 0 Å². The minimum absolute atomic E-state index is 0.364. The molecular formula is C22H18F6N4O2. The molecular weight excluding hydrogens is 466 g/mol. The van der Waals surface area contributed by atoms with E-state index < -0.39 is 23.9 Å². The molecule has 0 saturated heterocycles. The summed E-state index contributed by atoms with van der Waals surface area (Å²) in [6.07, 6.45) is -3.37. The van der Waals surface area contributed by atoms with E-state index in [2.05, 4.69) is 10.1 Å². The van der Waals surface area contributed by atoms with Gasteiger partial charge in [0.25, 0.3) is 0 Å². The first-order valence-electron chi connectivity index (χ1n) is 9.73. The quantitative estimate of drug-likeness (QED) is 0.348. The highest BCUT2D eigenvalue weighted by Gasteiger charge is 2.38. The fourth-order valence-electron chi connectivity index (χ4n) is 3.16. The lowest BCUT2D eigenvalue weighted by Gasteiger charge is -2.08. The molecule has 2 aromatic carbocycles. The molecule has 4 rings (SSSR count). The summed E-state index contributed by atoms with van der Waals surface area (Å²) < 4.78 is 72.0. The Morgan fingerprint density at radius 1 is 1.06 bits per heavy atom. The van der Waals surface area contributed by atoms with E-state index in [0.29, 0.717) is 12.2 Å². The molecule has 0 atom stereocenters. The van der Waals surface area contributed by atoms with Crippen molar-refractivity contribution in [3.63, 3.8) is 0 Å². The molecule has 2 heterocycles. The third-order valence-electron chi connectivity index (χ3n) is 4.78. The standard InChI is InChI=1S/C20H17F3N4.C2HF3O2/c21-20(22,23)16-2-1-3-17(9-16)27-12-15(11-26-27)13-4-5-19-18(8-13)14(6-7-24)10-25-19;3-2(4,5)1(6)7/h1-5,8-12,25H,6-7,24H2;(H,6,7). The molecule has 180 valence electrons. The molecule has 0 saturated carbocycles. The first-order chi connectivity index (χ1) is 15.9. The number of aromatic amines is 1. The average molecular weight is 484 g/mol. The first kappa shape index (κ1) is 24.8. The lowest BCUT2D eigenvalue weighted by Crippen LogP contribution is -2.21. The molecule has 0 aliphatic rings. The lowest BCUT2D eigenvalue weighted by molar-refractivity contribution is -0.192. The van der Waals surface area contributed by atoms with Crippen molar-refractivity contribution in [1.82, 2.24) is 14.8 Å². The number of carbonyl (C=O) groups is 1. The normalized spacial score (nSPS) is 11.9. The van der Waals surface area contributed by atoms with Crippen LogP contribution in [0, 0.1) is 0 Å². The second kappa shape index (κ2) is 9.59. The average Bonchev–Trinajstić information content (AvgIpc) is 3.41. The van der Waals surface area contributed by atoms with Gasteiger partial charge in [0.1, 0.15) is 0 Å². The number of nitrogens with one attached hydrogen (secondary N) is 1. The van der Waals surface area contributed by atoms with Crippen molar-refractivity contribution in [3.8, 4) is 16.8 Å². The second-order valence-electron chi connectivity index (χ2n) is 7.14. The Morgan fingerprint density at radius 3 is 2.38 bits per heavy atom. The second-order valence-corrected chi connectivity index (χ2v) is 7.14. The summed E-state index contributed by atoms with van der Waals surface area (Å²) in [5, 5.41) is 12.4. The Kier molecular flexibility index (Phi) is 7.01. The van der Waals surface area contributed by atoms with Gasteiger partial charge in [-0.3, -0.25) is 0 Å². The molecule has 0 aliphatic heterocycles. The maximum Gasteiger partial charge on any atom is 0.490 e. The summed E-state index contributed by atoms with van der Waals surface area (Å²) in [5.41, 5.74) is 9.26. The molecule has 12 heteroatoms. The summed E-state index contributed by atoms with van der Waals surface area (Å²) in [6.45, 7) is 0.560. The van der Waals surface area contributed by atoms with Gasteiger partial charge < -0.3 is 15.8 Å². The number of nitrogens with zero attached hydrogens (tertiary/aromatic N) is 2. The van der Waals surface area contributed by atoms with Gasteiger partial charge in [-0.25, -0.2) is 9.48 Å². The predicted octanol–water partition coefficient (Wildman–Crippen LogP) is 5.17. The van der Waals surface area contributed by atoms with E-state index in [1.165, 1.54) is 10.7 Å². The number of aromatic nitrogens is 3. The minimum atomic E-state index is -5.08. The molecule has 0 unspecified atom stereocenters. The summed E-state index contributed by atoms with van der Waals surface area (Å²) in [5.74, 6) is -2.76. The van der Waals surface area contributed by atoms with Crippen molar-refractivity contribution in [1.29, 1.82) is 0 Å². The Bertz CT molecular complexity index is 1290. The highest BCUT2D eigenvalue weighted by Crippen LogP contribution is 2.31. The van der Waals surface area contributed by atoms with Crippen LogP contribution in [0.25, 0.3) is 27.7 Å². The number of hydrogen-bond donors (Lipinski definition) is 3. The van der Waals surface area contributed by atoms with Crippen LogP contribution in [-0.4, -0.2) is 38.6 Å². The number of fused-ring (bicyclic) bond motifs is 1. The van der Waals surface area contributed by atoms with E-state index in [9.17, 15) is 26.3 Å². The number of halogens is 6. The van der Waals surface area contributed by atoms with Crippen LogP contribution in [0.15, 0.2) is 61.1 Å². The van der Waals surface area contributed by atoms with Crippen molar-refractivity contribution in [3.05, 3.63) is 72.2 Å². The largest absolute Gasteiger partial charge is 0.490 e. The number of nitrogens with two attached hydrogens (primary N) is 1. The van der Waals surface area contributed by atoms with Crippen LogP contribution in [0.1, 0.15) is 11.1 Å². The van der Waals surface area contributed by atoms with E-state index in [0.717, 1.165) is 46.1 Å². The molecule has 6 nitrogen and oxygen atoms in total. The van der Waals surface area contributed by atoms with E-state index >= 15 is 0 Å². The zero-order valence-corrected chi connectivity index (χ0v) is 17.3. The fraction of sp³-hybridized carbons (Fsp3) is 0.182. The maximum atomic E-state index is 12.9. The Morgan fingerprint density at radius 2 is 1.76 bits per heavy atom. The third-order valence-corrected chi connectivity index (χ3v) is 4.78. The van der Waals surface area contributed by atoms with Gasteiger partial charge in [0.05, 0.1) is 17.4 Å². The van der Waals surface area contributed by atoms with Gasteiger partial charge in [0, 0.05) is 28.9 Å². The summed E-state index contributed by atoms with van der Waals surface area (Å²) in [6, 6.07) is 11.1. The summed E-state index contributed by atoms with van der Waals surface area (Å²) in [4.78, 5) is 12.1. The Labute approximate surface area is 188 Å². The number of alkyl halides is 6. The van der Waals surface area contributed by atoms with Crippen molar-refractivity contribution in [2.75, 3.05) is 6.54 Å². The molecule has 4 N–H and O–H groups in total. The minimum Gasteiger partial charge on any atom is -0.475 e. The predicted molar refractivity (Wildman–Crippen MR) is 112 cm³/mol. The van der Waals surface area contributed by atoms with Gasteiger partial charge in [-0.15, -0.1) is 0 Å². The zero-order valence-electron chi connectivity index (χ0n) is 17.3.